The van der Waals surface area contributed by atoms with Gasteiger partial charge < -0.3 is 20.3 Å². The van der Waals surface area contributed by atoms with Crippen LogP contribution in [0.1, 0.15) is 399 Å². The molecule has 82 heavy (non-hydrogen) atoms. The van der Waals surface area contributed by atoms with Gasteiger partial charge >= 0.3 is 5.97 Å². The van der Waals surface area contributed by atoms with Crippen LogP contribution in [0.15, 0.2) is 48.6 Å². The summed E-state index contributed by atoms with van der Waals surface area (Å²) in [5.41, 5.74) is 0. The number of carbonyl (C=O) groups excluding carboxylic acids is 2. The van der Waals surface area contributed by atoms with Crippen molar-refractivity contribution in [2.24, 2.45) is 0 Å². The summed E-state index contributed by atoms with van der Waals surface area (Å²) in [6.07, 6.45) is 93.1. The molecule has 2 atom stereocenters. The molecule has 6 nitrogen and oxygen atoms in total. The zero-order valence-corrected chi connectivity index (χ0v) is 55.2. The Bertz CT molecular complexity index is 1370. The number of ether oxygens (including phenoxy) is 1. The second-order valence-electron chi connectivity index (χ2n) is 25.3. The Morgan fingerprint density at radius 1 is 0.341 bits per heavy atom. The zero-order valence-electron chi connectivity index (χ0n) is 55.2. The van der Waals surface area contributed by atoms with Gasteiger partial charge in [0, 0.05) is 12.8 Å². The average molecular weight is 1150 g/mol. The number of carbonyl (C=O) groups is 2. The van der Waals surface area contributed by atoms with Crippen LogP contribution in [0.3, 0.4) is 0 Å². The highest BCUT2D eigenvalue weighted by Gasteiger charge is 2.20. The number of hydrogen-bond donors (Lipinski definition) is 3. The van der Waals surface area contributed by atoms with E-state index in [-0.39, 0.29) is 18.5 Å². The Morgan fingerprint density at radius 3 is 0.939 bits per heavy atom. The maximum atomic E-state index is 12.5. The van der Waals surface area contributed by atoms with Gasteiger partial charge in [0.15, 0.2) is 0 Å². The zero-order chi connectivity index (χ0) is 59.2. The Morgan fingerprint density at radius 2 is 0.610 bits per heavy atom. The molecule has 0 aromatic carbocycles. The number of nitrogens with one attached hydrogen (secondary N) is 1. The first-order chi connectivity index (χ1) is 40.5. The molecule has 0 radical (unpaired) electrons. The Labute approximate surface area is 512 Å². The number of esters is 1. The van der Waals surface area contributed by atoms with Gasteiger partial charge in [-0.2, -0.15) is 0 Å². The molecule has 3 N–H and O–H groups in total. The van der Waals surface area contributed by atoms with Gasteiger partial charge in [0.25, 0.3) is 0 Å². The van der Waals surface area contributed by atoms with Crippen molar-refractivity contribution in [1.82, 2.24) is 5.32 Å². The first-order valence-corrected chi connectivity index (χ1v) is 36.9. The molecule has 0 rings (SSSR count). The highest BCUT2D eigenvalue weighted by molar-refractivity contribution is 5.76. The van der Waals surface area contributed by atoms with E-state index in [1.807, 2.05) is 0 Å². The van der Waals surface area contributed by atoms with E-state index in [1.54, 1.807) is 0 Å². The minimum Gasteiger partial charge on any atom is -0.466 e. The summed E-state index contributed by atoms with van der Waals surface area (Å²) < 4.78 is 5.50. The quantitative estimate of drug-likeness (QED) is 0.0320. The smallest absolute Gasteiger partial charge is 0.305 e. The topological polar surface area (TPSA) is 95.9 Å². The number of rotatable bonds is 69. The predicted molar refractivity (Wildman–Crippen MR) is 361 cm³/mol. The lowest BCUT2D eigenvalue weighted by Gasteiger charge is -2.22. The molecule has 1 amide bonds. The molecule has 0 spiro atoms. The number of unbranched alkanes of at least 4 members (excludes halogenated alkanes) is 50. The monoisotopic (exact) mass is 1150 g/mol. The fourth-order valence-corrected chi connectivity index (χ4v) is 11.5. The van der Waals surface area contributed by atoms with E-state index < -0.39 is 12.1 Å². The van der Waals surface area contributed by atoms with Gasteiger partial charge in [0.2, 0.25) is 5.91 Å². The van der Waals surface area contributed by atoms with Crippen LogP contribution in [-0.4, -0.2) is 47.4 Å². The second kappa shape index (κ2) is 71.3. The van der Waals surface area contributed by atoms with Gasteiger partial charge in [-0.1, -0.05) is 345 Å². The largest absolute Gasteiger partial charge is 0.466 e. The van der Waals surface area contributed by atoms with E-state index in [4.69, 9.17) is 4.74 Å². The van der Waals surface area contributed by atoms with Crippen LogP contribution in [0.2, 0.25) is 0 Å². The molecular weight excluding hydrogens is 1010 g/mol. The van der Waals surface area contributed by atoms with Gasteiger partial charge in [-0.15, -0.1) is 0 Å². The van der Waals surface area contributed by atoms with Crippen LogP contribution in [0.4, 0.5) is 0 Å². The van der Waals surface area contributed by atoms with Crippen molar-refractivity contribution >= 4 is 11.9 Å². The molecule has 0 aliphatic heterocycles. The highest BCUT2D eigenvalue weighted by atomic mass is 16.5. The molecule has 0 aliphatic rings. The van der Waals surface area contributed by atoms with Gasteiger partial charge in [0.05, 0.1) is 25.4 Å². The van der Waals surface area contributed by atoms with Crippen LogP contribution in [0.5, 0.6) is 0 Å². The molecule has 0 aromatic rings. The summed E-state index contributed by atoms with van der Waals surface area (Å²) in [6, 6.07) is -0.544. The van der Waals surface area contributed by atoms with E-state index in [0.29, 0.717) is 25.9 Å². The minimum atomic E-state index is -0.666. The number of amides is 1. The van der Waals surface area contributed by atoms with E-state index in [9.17, 15) is 19.8 Å². The van der Waals surface area contributed by atoms with Crippen LogP contribution >= 0.6 is 0 Å². The lowest BCUT2D eigenvalue weighted by molar-refractivity contribution is -0.143. The maximum absolute atomic E-state index is 12.5. The molecule has 0 saturated heterocycles. The summed E-state index contributed by atoms with van der Waals surface area (Å²) in [5.74, 6) is -0.0278. The van der Waals surface area contributed by atoms with Crippen molar-refractivity contribution in [2.45, 2.75) is 411 Å². The molecule has 0 bridgehead atoms. The van der Waals surface area contributed by atoms with E-state index in [0.717, 1.165) is 57.8 Å². The molecule has 0 fully saturated rings. The third-order valence-corrected chi connectivity index (χ3v) is 17.1. The fourth-order valence-electron chi connectivity index (χ4n) is 11.5. The third kappa shape index (κ3) is 67.0. The number of allylic oxidation sites excluding steroid dienone is 8. The minimum absolute atomic E-state index is 0.00501. The molecule has 2 unspecified atom stereocenters. The normalized spacial score (nSPS) is 12.8. The Hall–Kier alpha value is -2.18. The van der Waals surface area contributed by atoms with Crippen molar-refractivity contribution in [1.29, 1.82) is 0 Å². The molecule has 482 valence electrons. The first-order valence-electron chi connectivity index (χ1n) is 36.9. The van der Waals surface area contributed by atoms with Crippen LogP contribution in [0, 0.1) is 0 Å². The fraction of sp³-hybridized carbons (Fsp3) is 0.868. The predicted octanol–water partition coefficient (Wildman–Crippen LogP) is 24.0. The van der Waals surface area contributed by atoms with Crippen molar-refractivity contribution in [3.8, 4) is 0 Å². The van der Waals surface area contributed by atoms with Crippen molar-refractivity contribution in [3.05, 3.63) is 48.6 Å². The SMILES string of the molecule is CCCCCC/C=C\C/C=C\CCCCCCCCCC(=O)OCCCCCCCCCCC/C=C\C/C=C\CCCCCCCCCCCCCCCC(=O)NC(CO)C(O)CCCCCCCCCCCCCCCCCCCC. The lowest BCUT2D eigenvalue weighted by atomic mass is 10.0. The average Bonchev–Trinajstić information content (AvgIpc) is 3.48. The van der Waals surface area contributed by atoms with Crippen LogP contribution in [0.25, 0.3) is 0 Å². The summed E-state index contributed by atoms with van der Waals surface area (Å²) >= 11 is 0. The standard InChI is InChI=1S/C76H143NO5/c1-3-5-7-9-11-13-15-17-19-21-36-40-44-48-52-56-60-64-68-74(79)73(72-78)77-75(80)69-65-61-57-53-49-45-41-37-34-32-30-28-26-24-23-25-27-29-31-33-35-39-43-47-51-55-59-63-67-71-82-76(81)70-66-62-58-54-50-46-42-38-22-20-18-16-14-12-10-8-6-4-2/h14,16,20,22-23,25,29,31,73-74,78-79H,3-13,15,17-19,21,24,26-28,30,32-72H2,1-2H3,(H,77,80)/b16-14-,22-20-,25-23-,31-29-. The van der Waals surface area contributed by atoms with Crippen molar-refractivity contribution < 1.29 is 24.5 Å². The summed E-state index contributed by atoms with van der Waals surface area (Å²) in [5, 5.41) is 23.4. The van der Waals surface area contributed by atoms with E-state index in [1.165, 1.54) is 308 Å². The summed E-state index contributed by atoms with van der Waals surface area (Å²) in [4.78, 5) is 24.6. The van der Waals surface area contributed by atoms with Gasteiger partial charge in [-0.25, -0.2) is 0 Å². The second-order valence-corrected chi connectivity index (χ2v) is 25.3. The molecule has 6 heteroatoms. The molecule has 0 heterocycles. The van der Waals surface area contributed by atoms with E-state index in [2.05, 4.69) is 67.8 Å². The molecule has 0 saturated carbocycles. The van der Waals surface area contributed by atoms with E-state index >= 15 is 0 Å². The number of aliphatic hydroxyl groups excluding tert-OH is 2. The van der Waals surface area contributed by atoms with Crippen LogP contribution in [-0.2, 0) is 14.3 Å². The Balaban J connectivity index is 3.40. The van der Waals surface area contributed by atoms with Crippen molar-refractivity contribution in [3.63, 3.8) is 0 Å². The summed E-state index contributed by atoms with van der Waals surface area (Å²) in [6.45, 7) is 4.96. The number of hydrogen-bond acceptors (Lipinski definition) is 5. The van der Waals surface area contributed by atoms with Crippen LogP contribution < -0.4 is 5.32 Å². The maximum Gasteiger partial charge on any atom is 0.305 e. The lowest BCUT2D eigenvalue weighted by Crippen LogP contribution is -2.45. The number of aliphatic hydroxyl groups is 2. The van der Waals surface area contributed by atoms with Crippen molar-refractivity contribution in [2.75, 3.05) is 13.2 Å². The summed E-state index contributed by atoms with van der Waals surface area (Å²) in [7, 11) is 0. The third-order valence-electron chi connectivity index (χ3n) is 17.1. The molecular formula is C76H143NO5. The molecule has 0 aliphatic carbocycles. The highest BCUT2D eigenvalue weighted by Crippen LogP contribution is 2.19. The van der Waals surface area contributed by atoms with Gasteiger partial charge in [0.1, 0.15) is 0 Å². The first kappa shape index (κ1) is 79.8. The Kier molecular flexibility index (Phi) is 69.4. The van der Waals surface area contributed by atoms with Gasteiger partial charge in [-0.05, 0) is 89.9 Å². The van der Waals surface area contributed by atoms with Gasteiger partial charge in [-0.3, -0.25) is 9.59 Å². The molecule has 0 aromatic heterocycles.